The monoisotopic (exact) mass is 487 g/mol. The van der Waals surface area contributed by atoms with Gasteiger partial charge in [0.1, 0.15) is 5.69 Å². The summed E-state index contributed by atoms with van der Waals surface area (Å²) in [5.41, 5.74) is 5.34. The third-order valence-corrected chi connectivity index (χ3v) is 5.32. The van der Waals surface area contributed by atoms with E-state index in [2.05, 4.69) is 80.2 Å². The molecule has 10 radical (unpaired) electrons. The molecule has 3 aromatic rings. The van der Waals surface area contributed by atoms with Gasteiger partial charge in [0, 0.05) is 36.0 Å². The third-order valence-electron chi connectivity index (χ3n) is 5.32. The van der Waals surface area contributed by atoms with Gasteiger partial charge < -0.3 is 0 Å². The Balaban J connectivity index is 0.000000481. The minimum absolute atomic E-state index is 0. The Morgan fingerprint density at radius 2 is 1.50 bits per heavy atom. The number of rotatable bonds is 7. The fourth-order valence-electron chi connectivity index (χ4n) is 3.56. The number of nitrogens with zero attached hydrogens (tertiary/aromatic N) is 3. The van der Waals surface area contributed by atoms with Gasteiger partial charge in [-0.3, -0.25) is 4.99 Å². The van der Waals surface area contributed by atoms with E-state index in [-0.39, 0.29) is 17.1 Å². The maximum absolute atomic E-state index is 4.90. The van der Waals surface area contributed by atoms with Crippen LogP contribution in [0.15, 0.2) is 65.8 Å². The molecule has 0 unspecified atom stereocenters. The van der Waals surface area contributed by atoms with E-state index >= 15 is 0 Å². The van der Waals surface area contributed by atoms with Crippen LogP contribution in [-0.4, -0.2) is 22.5 Å². The standard InChI is InChI=1S/C25H24N3.C5H5.Fe/c1-2-3-16-26-18-23-19-28(24-14-5-4-6-15-24)27-25(23)22-13-9-12-21(17-22)20-10-7-8-11-20;1-2-4-5-3-1;/h4-15,17-19H,2-3,16H2,1H3;1-5H;/q;;+2. The molecule has 0 amide bonds. The number of aromatic nitrogens is 2. The molecule has 4 heteroatoms. The molecular formula is C30H29FeN3+2. The van der Waals surface area contributed by atoms with Crippen LogP contribution in [0.5, 0.6) is 0 Å². The van der Waals surface area contributed by atoms with Gasteiger partial charge in [0.05, 0.1) is 5.69 Å². The topological polar surface area (TPSA) is 30.2 Å². The molecule has 2 aromatic carbocycles. The molecule has 2 aliphatic carbocycles. The SMILES string of the molecule is CCCCN=Cc1cn(-c2ccccc2)nc1-c1cccc([C]2[CH][CH][CH][CH]2)c1.[CH]1[CH][CH][CH][CH]1.[Fe+2]. The van der Waals surface area contributed by atoms with Crippen LogP contribution in [0.2, 0.25) is 0 Å². The van der Waals surface area contributed by atoms with Gasteiger partial charge >= 0.3 is 17.1 Å². The second kappa shape index (κ2) is 14.3. The van der Waals surface area contributed by atoms with Gasteiger partial charge in [-0.1, -0.05) is 49.7 Å². The molecule has 34 heavy (non-hydrogen) atoms. The molecule has 0 bridgehead atoms. The summed E-state index contributed by atoms with van der Waals surface area (Å²) in [6.45, 7) is 3.03. The van der Waals surface area contributed by atoms with Crippen molar-refractivity contribution in [1.82, 2.24) is 9.78 Å². The zero-order valence-electron chi connectivity index (χ0n) is 19.4. The van der Waals surface area contributed by atoms with E-state index in [0.717, 1.165) is 41.9 Å². The summed E-state index contributed by atoms with van der Waals surface area (Å²) in [6.07, 6.45) is 24.7. The van der Waals surface area contributed by atoms with Gasteiger partial charge in [-0.25, -0.2) is 4.68 Å². The van der Waals surface area contributed by atoms with E-state index in [1.165, 1.54) is 11.5 Å². The van der Waals surface area contributed by atoms with Gasteiger partial charge in [0.2, 0.25) is 0 Å². The van der Waals surface area contributed by atoms with Crippen molar-refractivity contribution in [2.45, 2.75) is 19.8 Å². The Morgan fingerprint density at radius 3 is 2.18 bits per heavy atom. The van der Waals surface area contributed by atoms with Crippen molar-refractivity contribution >= 4 is 6.21 Å². The molecule has 5 rings (SSSR count). The minimum Gasteiger partial charge on any atom is -0.292 e. The van der Waals surface area contributed by atoms with Crippen LogP contribution >= 0.6 is 0 Å². The minimum atomic E-state index is 0. The fraction of sp³-hybridized carbons (Fsp3) is 0.133. The first-order valence-electron chi connectivity index (χ1n) is 11.5. The van der Waals surface area contributed by atoms with E-state index < -0.39 is 0 Å². The number of hydrogen-bond donors (Lipinski definition) is 0. The van der Waals surface area contributed by atoms with Crippen LogP contribution in [0.4, 0.5) is 0 Å². The molecule has 0 aliphatic heterocycles. The number of para-hydroxylation sites is 1. The zero-order valence-corrected chi connectivity index (χ0v) is 20.5. The van der Waals surface area contributed by atoms with Crippen molar-refractivity contribution in [2.24, 2.45) is 4.99 Å². The molecule has 1 heterocycles. The van der Waals surface area contributed by atoms with Crippen molar-refractivity contribution in [1.29, 1.82) is 0 Å². The molecule has 1 aromatic heterocycles. The van der Waals surface area contributed by atoms with E-state index in [1.54, 1.807) is 0 Å². The first kappa shape index (κ1) is 26.4. The Bertz CT molecular complexity index is 991. The summed E-state index contributed by atoms with van der Waals surface area (Å²) in [5.74, 6) is 1.22. The number of hydrogen-bond acceptors (Lipinski definition) is 2. The summed E-state index contributed by atoms with van der Waals surface area (Å²) in [7, 11) is 0. The maximum atomic E-state index is 4.90. The van der Waals surface area contributed by atoms with Gasteiger partial charge in [-0.05, 0) is 88.0 Å². The summed E-state index contributed by atoms with van der Waals surface area (Å²) in [4.78, 5) is 4.62. The van der Waals surface area contributed by atoms with Crippen molar-refractivity contribution in [3.05, 3.63) is 136 Å². The van der Waals surface area contributed by atoms with Gasteiger partial charge in [-0.2, -0.15) is 5.10 Å². The Morgan fingerprint density at radius 1 is 0.824 bits per heavy atom. The average molecular weight is 487 g/mol. The maximum Gasteiger partial charge on any atom is 2.00 e. The molecule has 3 nitrogen and oxygen atoms in total. The predicted octanol–water partition coefficient (Wildman–Crippen LogP) is 6.53. The second-order valence-electron chi connectivity index (χ2n) is 7.82. The molecule has 0 atom stereocenters. The first-order chi connectivity index (χ1) is 16.3. The molecule has 0 spiro atoms. The smallest absolute Gasteiger partial charge is 0.292 e. The van der Waals surface area contributed by atoms with Crippen LogP contribution < -0.4 is 0 Å². The van der Waals surface area contributed by atoms with Gasteiger partial charge in [0.25, 0.3) is 0 Å². The molecule has 170 valence electrons. The summed E-state index contributed by atoms with van der Waals surface area (Å²) in [6, 6.07) is 18.8. The van der Waals surface area contributed by atoms with Crippen LogP contribution in [0.1, 0.15) is 30.9 Å². The molecule has 2 fully saturated rings. The zero-order chi connectivity index (χ0) is 22.7. The number of benzene rings is 2. The van der Waals surface area contributed by atoms with Gasteiger partial charge in [0.15, 0.2) is 0 Å². The summed E-state index contributed by atoms with van der Waals surface area (Å²) < 4.78 is 1.94. The van der Waals surface area contributed by atoms with Crippen molar-refractivity contribution in [3.63, 3.8) is 0 Å². The normalized spacial score (nSPS) is 15.8. The van der Waals surface area contributed by atoms with Gasteiger partial charge in [-0.15, -0.1) is 0 Å². The fourth-order valence-corrected chi connectivity index (χ4v) is 3.56. The summed E-state index contributed by atoms with van der Waals surface area (Å²) in [5, 5.41) is 4.90. The van der Waals surface area contributed by atoms with Crippen LogP contribution in [0.25, 0.3) is 16.9 Å². The largest absolute Gasteiger partial charge is 2.00 e. The Hall–Kier alpha value is -2.16. The first-order valence-corrected chi connectivity index (χ1v) is 11.5. The molecule has 2 aliphatic rings. The molecule has 0 saturated heterocycles. The molecular weight excluding hydrogens is 458 g/mol. The Kier molecular flexibility index (Phi) is 11.1. The van der Waals surface area contributed by atoms with Crippen LogP contribution in [-0.2, 0) is 17.1 Å². The quantitative estimate of drug-likeness (QED) is 0.212. The van der Waals surface area contributed by atoms with E-state index in [0.29, 0.717) is 0 Å². The average Bonchev–Trinajstić information content (AvgIpc) is 3.66. The van der Waals surface area contributed by atoms with E-state index in [1.807, 2.05) is 61.2 Å². The van der Waals surface area contributed by atoms with Crippen molar-refractivity contribution in [2.75, 3.05) is 6.54 Å². The summed E-state index contributed by atoms with van der Waals surface area (Å²) >= 11 is 0. The van der Waals surface area contributed by atoms with Crippen LogP contribution in [0, 0.1) is 63.7 Å². The molecule has 2 saturated carbocycles. The third kappa shape index (κ3) is 7.42. The van der Waals surface area contributed by atoms with Crippen molar-refractivity contribution < 1.29 is 17.1 Å². The Labute approximate surface area is 216 Å². The van der Waals surface area contributed by atoms with Crippen molar-refractivity contribution in [3.8, 4) is 16.9 Å². The van der Waals surface area contributed by atoms with Crippen LogP contribution in [0.3, 0.4) is 0 Å². The van der Waals surface area contributed by atoms with E-state index in [4.69, 9.17) is 5.10 Å². The predicted molar refractivity (Wildman–Crippen MR) is 137 cm³/mol. The number of unbranched alkanes of at least 4 members (excludes halogenated alkanes) is 1. The molecule has 0 N–H and O–H groups in total. The second-order valence-corrected chi connectivity index (χ2v) is 7.82. The van der Waals surface area contributed by atoms with E-state index in [9.17, 15) is 0 Å². The number of aliphatic imine (C=N–C) groups is 1.